The van der Waals surface area contributed by atoms with Crippen LogP contribution in [0.1, 0.15) is 36.1 Å². The molecule has 140 valence electrons. The van der Waals surface area contributed by atoms with Crippen molar-refractivity contribution in [3.05, 3.63) is 87.5 Å². The molecule has 2 aromatic carbocycles. The molecule has 0 saturated heterocycles. The van der Waals surface area contributed by atoms with Crippen LogP contribution in [0, 0.1) is 6.92 Å². The first-order chi connectivity index (χ1) is 13.5. The number of aromatic nitrogens is 4. The van der Waals surface area contributed by atoms with E-state index in [-0.39, 0.29) is 11.0 Å². The first-order valence-electron chi connectivity index (χ1n) is 9.56. The molecular weight excluding hydrogens is 348 g/mol. The number of benzene rings is 2. The minimum atomic E-state index is -0.272. The molecule has 0 bridgehead atoms. The molecule has 4 aromatic rings. The molecule has 0 aliphatic heterocycles. The summed E-state index contributed by atoms with van der Waals surface area (Å²) in [5.41, 5.74) is 6.15. The predicted octanol–water partition coefficient (Wildman–Crippen LogP) is 3.75. The molecule has 0 spiro atoms. The molecule has 2 aromatic heterocycles. The number of fused-ring (bicyclic) bond motifs is 5. The maximum absolute atomic E-state index is 13.7. The second kappa shape index (κ2) is 5.89. The number of hydrogen-bond acceptors (Lipinski definition) is 3. The lowest BCUT2D eigenvalue weighted by Crippen LogP contribution is -2.38. The van der Waals surface area contributed by atoms with Crippen LogP contribution in [-0.4, -0.2) is 19.2 Å². The van der Waals surface area contributed by atoms with E-state index in [0.717, 1.165) is 28.8 Å². The molecule has 5 nitrogen and oxygen atoms in total. The fourth-order valence-electron chi connectivity index (χ4n) is 4.43. The molecule has 1 aliphatic carbocycles. The molecule has 5 rings (SSSR count). The SMILES string of the molecule is Cc1ccc2c(c1)-c1c(c(=O)n(Cc3ccccc3)c3nncn13)C(C)(C)C2. The molecule has 0 unspecified atom stereocenters. The zero-order chi connectivity index (χ0) is 19.5. The fraction of sp³-hybridized carbons (Fsp3) is 0.261. The lowest BCUT2D eigenvalue weighted by molar-refractivity contribution is 0.499. The van der Waals surface area contributed by atoms with Gasteiger partial charge in [0.05, 0.1) is 12.2 Å². The fourth-order valence-corrected chi connectivity index (χ4v) is 4.43. The molecule has 2 heterocycles. The average molecular weight is 370 g/mol. The van der Waals surface area contributed by atoms with E-state index >= 15 is 0 Å². The third-order valence-electron chi connectivity index (χ3n) is 5.72. The largest absolute Gasteiger partial charge is 0.272 e. The van der Waals surface area contributed by atoms with E-state index in [9.17, 15) is 4.79 Å². The van der Waals surface area contributed by atoms with E-state index in [2.05, 4.69) is 49.2 Å². The van der Waals surface area contributed by atoms with E-state index < -0.39 is 0 Å². The Labute approximate surface area is 163 Å². The minimum absolute atomic E-state index is 0.0245. The summed E-state index contributed by atoms with van der Waals surface area (Å²) in [5.74, 6) is 0.581. The zero-order valence-electron chi connectivity index (χ0n) is 16.3. The summed E-state index contributed by atoms with van der Waals surface area (Å²) < 4.78 is 3.74. The number of hydrogen-bond donors (Lipinski definition) is 0. The summed E-state index contributed by atoms with van der Waals surface area (Å²) >= 11 is 0. The molecule has 1 aliphatic rings. The molecule has 0 fully saturated rings. The normalized spacial score (nSPS) is 14.7. The highest BCUT2D eigenvalue weighted by Crippen LogP contribution is 2.41. The molecule has 5 heteroatoms. The first kappa shape index (κ1) is 16.9. The molecular formula is C23H22N4O. The van der Waals surface area contributed by atoms with Crippen LogP contribution >= 0.6 is 0 Å². The molecule has 0 amide bonds. The van der Waals surface area contributed by atoms with E-state index in [4.69, 9.17) is 0 Å². The van der Waals surface area contributed by atoms with Gasteiger partial charge >= 0.3 is 0 Å². The van der Waals surface area contributed by atoms with Gasteiger partial charge in [-0.2, -0.15) is 0 Å². The van der Waals surface area contributed by atoms with Crippen LogP contribution < -0.4 is 5.56 Å². The third kappa shape index (κ3) is 2.43. The van der Waals surface area contributed by atoms with Gasteiger partial charge in [0.1, 0.15) is 6.33 Å². The Morgan fingerprint density at radius 3 is 2.68 bits per heavy atom. The lowest BCUT2D eigenvalue weighted by Gasteiger charge is -2.34. The van der Waals surface area contributed by atoms with Crippen LogP contribution in [0.4, 0.5) is 0 Å². The van der Waals surface area contributed by atoms with Gasteiger partial charge in [0.15, 0.2) is 0 Å². The standard InChI is InChI=1S/C23H22N4O/c1-15-9-10-17-12-23(2,3)19-20(18(17)11-15)27-14-24-25-22(27)26(21(19)28)13-16-7-5-4-6-8-16/h4-11,14H,12-13H2,1-3H3. The van der Waals surface area contributed by atoms with Crippen LogP contribution in [0.3, 0.4) is 0 Å². The number of nitrogens with zero attached hydrogens (tertiary/aromatic N) is 4. The highest BCUT2D eigenvalue weighted by Gasteiger charge is 2.36. The average Bonchev–Trinajstić information content (AvgIpc) is 3.15. The van der Waals surface area contributed by atoms with Crippen molar-refractivity contribution in [1.82, 2.24) is 19.2 Å². The van der Waals surface area contributed by atoms with Gasteiger partial charge in [0, 0.05) is 16.5 Å². The van der Waals surface area contributed by atoms with Gasteiger partial charge in [-0.1, -0.05) is 61.9 Å². The van der Waals surface area contributed by atoms with Crippen LogP contribution in [0.5, 0.6) is 0 Å². The molecule has 0 radical (unpaired) electrons. The van der Waals surface area contributed by atoms with Crippen molar-refractivity contribution in [1.29, 1.82) is 0 Å². The molecule has 0 N–H and O–H groups in total. The Morgan fingerprint density at radius 2 is 1.89 bits per heavy atom. The van der Waals surface area contributed by atoms with Crippen molar-refractivity contribution in [3.63, 3.8) is 0 Å². The van der Waals surface area contributed by atoms with E-state index in [1.54, 1.807) is 10.9 Å². The van der Waals surface area contributed by atoms with Gasteiger partial charge in [-0.3, -0.25) is 13.8 Å². The van der Waals surface area contributed by atoms with Crippen molar-refractivity contribution in [2.75, 3.05) is 0 Å². The maximum atomic E-state index is 13.7. The van der Waals surface area contributed by atoms with Gasteiger partial charge in [0.2, 0.25) is 5.78 Å². The summed E-state index contributed by atoms with van der Waals surface area (Å²) in [5, 5.41) is 8.45. The number of aryl methyl sites for hydroxylation is 1. The number of rotatable bonds is 2. The summed E-state index contributed by atoms with van der Waals surface area (Å²) in [6, 6.07) is 16.5. The van der Waals surface area contributed by atoms with Crippen LogP contribution in [-0.2, 0) is 18.4 Å². The lowest BCUT2D eigenvalue weighted by atomic mass is 9.72. The minimum Gasteiger partial charge on any atom is -0.272 e. The summed E-state index contributed by atoms with van der Waals surface area (Å²) in [6.07, 6.45) is 2.56. The van der Waals surface area contributed by atoms with Crippen LogP contribution in [0.25, 0.3) is 17.0 Å². The molecule has 0 atom stereocenters. The third-order valence-corrected chi connectivity index (χ3v) is 5.72. The summed E-state index contributed by atoms with van der Waals surface area (Å²) in [6.45, 7) is 6.86. The molecule has 28 heavy (non-hydrogen) atoms. The second-order valence-electron chi connectivity index (χ2n) is 8.32. The highest BCUT2D eigenvalue weighted by atomic mass is 16.1. The van der Waals surface area contributed by atoms with E-state index in [1.807, 2.05) is 34.7 Å². The Kier molecular flexibility index (Phi) is 3.56. The van der Waals surface area contributed by atoms with Crippen molar-refractivity contribution in [2.24, 2.45) is 0 Å². The first-order valence-corrected chi connectivity index (χ1v) is 9.56. The van der Waals surface area contributed by atoms with Crippen molar-refractivity contribution < 1.29 is 0 Å². The summed E-state index contributed by atoms with van der Waals surface area (Å²) in [7, 11) is 0. The zero-order valence-corrected chi connectivity index (χ0v) is 16.3. The maximum Gasteiger partial charge on any atom is 0.259 e. The summed E-state index contributed by atoms with van der Waals surface area (Å²) in [4.78, 5) is 13.7. The van der Waals surface area contributed by atoms with Gasteiger partial charge < -0.3 is 0 Å². The Morgan fingerprint density at radius 1 is 1.11 bits per heavy atom. The quantitative estimate of drug-likeness (QED) is 0.540. The van der Waals surface area contributed by atoms with Crippen LogP contribution in [0.15, 0.2) is 59.7 Å². The van der Waals surface area contributed by atoms with Crippen molar-refractivity contribution in [2.45, 2.75) is 39.2 Å². The smallest absolute Gasteiger partial charge is 0.259 e. The van der Waals surface area contributed by atoms with Gasteiger partial charge in [-0.05, 0) is 30.5 Å². The van der Waals surface area contributed by atoms with E-state index in [0.29, 0.717) is 12.3 Å². The monoisotopic (exact) mass is 370 g/mol. The van der Waals surface area contributed by atoms with Crippen LogP contribution in [0.2, 0.25) is 0 Å². The Hall–Kier alpha value is -3.21. The highest BCUT2D eigenvalue weighted by molar-refractivity contribution is 5.74. The Balaban J connectivity index is 1.87. The second-order valence-corrected chi connectivity index (χ2v) is 8.32. The molecule has 0 saturated carbocycles. The Bertz CT molecular complexity index is 1270. The topological polar surface area (TPSA) is 52.2 Å². The van der Waals surface area contributed by atoms with Gasteiger partial charge in [-0.25, -0.2) is 0 Å². The van der Waals surface area contributed by atoms with Gasteiger partial charge in [-0.15, -0.1) is 10.2 Å². The predicted molar refractivity (Wildman–Crippen MR) is 110 cm³/mol. The van der Waals surface area contributed by atoms with Crippen molar-refractivity contribution in [3.8, 4) is 11.3 Å². The van der Waals surface area contributed by atoms with E-state index in [1.165, 1.54) is 11.1 Å². The van der Waals surface area contributed by atoms with Crippen molar-refractivity contribution >= 4 is 5.78 Å². The van der Waals surface area contributed by atoms with Gasteiger partial charge in [0.25, 0.3) is 5.56 Å².